The highest BCUT2D eigenvalue weighted by atomic mass is 19.3. The van der Waals surface area contributed by atoms with Crippen LogP contribution < -0.4 is 15.5 Å². The van der Waals surface area contributed by atoms with E-state index in [0.29, 0.717) is 56.6 Å². The summed E-state index contributed by atoms with van der Waals surface area (Å²) in [5.41, 5.74) is -2.48. The van der Waals surface area contributed by atoms with Crippen molar-refractivity contribution in [3.8, 4) is 5.75 Å². The molecule has 17 heteroatoms. The maximum absolute atomic E-state index is 18.2. The lowest BCUT2D eigenvalue weighted by Gasteiger charge is -2.57. The van der Waals surface area contributed by atoms with Gasteiger partial charge in [0.25, 0.3) is 5.92 Å². The molecule has 6 atom stereocenters. The molecule has 3 aromatic carbocycles. The van der Waals surface area contributed by atoms with Crippen LogP contribution in [-0.2, 0) is 51.4 Å². The average molecular weight is 883 g/mol. The van der Waals surface area contributed by atoms with Gasteiger partial charge in [0.15, 0.2) is 6.29 Å². The maximum Gasteiger partial charge on any atom is 0.409 e. The molecule has 0 aromatic heterocycles. The minimum Gasteiger partial charge on any atom is -0.468 e. The molecule has 3 N–H and O–H groups in total. The number of ether oxygens (including phenoxy) is 5. The van der Waals surface area contributed by atoms with E-state index in [1.165, 1.54) is 58.9 Å². The second-order valence-electron chi connectivity index (χ2n) is 16.3. The number of hydroxylamine groups is 1. The highest BCUT2D eigenvalue weighted by Gasteiger charge is 2.70. The van der Waals surface area contributed by atoms with Crippen LogP contribution in [0.1, 0.15) is 77.1 Å². The number of rotatable bonds is 18. The Morgan fingerprint density at radius 2 is 1.60 bits per heavy atom. The Balaban J connectivity index is 1.87. The zero-order valence-corrected chi connectivity index (χ0v) is 36.7. The van der Waals surface area contributed by atoms with Crippen LogP contribution in [0, 0.1) is 11.8 Å². The number of nitrogens with one attached hydrogen (secondary N) is 2. The van der Waals surface area contributed by atoms with Gasteiger partial charge in [-0.3, -0.25) is 15.0 Å². The molecule has 5 rings (SSSR count). The molecule has 0 radical (unpaired) electrons. The molecule has 2 aliphatic rings. The number of benzene rings is 3. The lowest BCUT2D eigenvalue weighted by molar-refractivity contribution is -0.287. The van der Waals surface area contributed by atoms with Gasteiger partial charge in [-0.1, -0.05) is 114 Å². The number of nitrogens with zero attached hydrogens (tertiary/aromatic N) is 2. The summed E-state index contributed by atoms with van der Waals surface area (Å²) in [6, 6.07) is 18.5. The van der Waals surface area contributed by atoms with Gasteiger partial charge in [-0.15, -0.1) is 5.48 Å². The number of esters is 1. The zero-order chi connectivity index (χ0) is 45.8. The largest absolute Gasteiger partial charge is 0.468 e. The van der Waals surface area contributed by atoms with Crippen LogP contribution in [0.25, 0.3) is 0 Å². The van der Waals surface area contributed by atoms with Crippen LogP contribution in [0.15, 0.2) is 84.9 Å². The minimum atomic E-state index is -4.35. The van der Waals surface area contributed by atoms with Gasteiger partial charge in [0.1, 0.15) is 24.5 Å². The van der Waals surface area contributed by atoms with E-state index in [-0.39, 0.29) is 31.1 Å². The Morgan fingerprint density at radius 3 is 2.19 bits per heavy atom. The summed E-state index contributed by atoms with van der Waals surface area (Å²) in [5, 5.41) is 14.3. The van der Waals surface area contributed by atoms with E-state index in [0.717, 1.165) is 4.90 Å². The second-order valence-corrected chi connectivity index (χ2v) is 16.3. The smallest absolute Gasteiger partial charge is 0.409 e. The van der Waals surface area contributed by atoms with Gasteiger partial charge >= 0.3 is 18.0 Å². The van der Waals surface area contributed by atoms with E-state index in [1.807, 2.05) is 6.92 Å². The number of hydrogen-bond donors (Lipinski definition) is 3. The molecule has 63 heavy (non-hydrogen) atoms. The molecule has 0 aliphatic carbocycles. The molecule has 0 bridgehead atoms. The molecule has 2 fully saturated rings. The molecule has 344 valence electrons. The van der Waals surface area contributed by atoms with E-state index < -0.39 is 71.6 Å². The highest BCUT2D eigenvalue weighted by molar-refractivity contribution is 5.88. The molecule has 2 heterocycles. The summed E-state index contributed by atoms with van der Waals surface area (Å²) in [6.45, 7) is 9.62. The van der Waals surface area contributed by atoms with Crippen molar-refractivity contribution in [2.24, 2.45) is 11.8 Å². The van der Waals surface area contributed by atoms with Crippen molar-refractivity contribution in [1.82, 2.24) is 20.6 Å². The number of alkyl halides is 2. The summed E-state index contributed by atoms with van der Waals surface area (Å²) >= 11 is 0. The van der Waals surface area contributed by atoms with Crippen molar-refractivity contribution in [2.45, 2.75) is 109 Å². The zero-order valence-electron chi connectivity index (χ0n) is 36.7. The number of aliphatic hydroxyl groups is 1. The van der Waals surface area contributed by atoms with Crippen molar-refractivity contribution >= 4 is 24.3 Å². The van der Waals surface area contributed by atoms with Gasteiger partial charge in [0.2, 0.25) is 17.6 Å². The average Bonchev–Trinajstić information content (AvgIpc) is 3.30. The number of aliphatic hydroxyl groups excluding tert-OH is 1. The van der Waals surface area contributed by atoms with E-state index in [4.69, 9.17) is 28.5 Å². The SMILES string of the molecule is CCCCOC(=O)N[C@]1(C(C)C)C(=O)ONC(C)C(O)C(F)(F)C(c2cccc(OC(C=O)N3CCOCC3)c2)N1[C@@](OCc1ccccc1)(C(=O)OCc1ccccc1)C(C)C. The standard InChI is InChI=1S/C46H60F2N4O11/c1-7-8-24-59-43(57)49-45(31(2)3)41(55)63-50-33(6)40(54)44(47,48)39(36-20-15-21-37(27-36)62-38(28-53)51-22-25-58-26-23-51)52(45)46(32(4)5,61-30-35-18-13-10-14-19-35)42(56)60-29-34-16-11-9-12-17-34/h9-21,27-28,31-33,38-40,50,54H,7-8,22-26,29-30H2,1-6H3,(H,49,57)/t33?,38?,39?,40?,45-,46-/m0/s1. The molecule has 4 unspecified atom stereocenters. The molecule has 2 aliphatic heterocycles. The molecule has 3 aromatic rings. The fourth-order valence-corrected chi connectivity index (χ4v) is 7.77. The van der Waals surface area contributed by atoms with E-state index in [9.17, 15) is 14.7 Å². The molecule has 15 nitrogen and oxygen atoms in total. The topological polar surface area (TPSA) is 174 Å². The first-order valence-corrected chi connectivity index (χ1v) is 21.3. The fraction of sp³-hybridized carbons (Fsp3) is 0.522. The molecular weight excluding hydrogens is 823 g/mol. The molecule has 0 spiro atoms. The molecule has 0 saturated carbocycles. The van der Waals surface area contributed by atoms with Crippen LogP contribution in [0.5, 0.6) is 5.75 Å². The number of unbranched alkanes of at least 4 members (excludes halogenated alkanes) is 1. The first kappa shape index (κ1) is 49.0. The van der Waals surface area contributed by atoms with Crippen molar-refractivity contribution < 1.29 is 61.6 Å². The summed E-state index contributed by atoms with van der Waals surface area (Å²) in [5.74, 6) is -9.32. The quantitative estimate of drug-likeness (QED) is 0.0596. The third kappa shape index (κ3) is 11.0. The predicted octanol–water partition coefficient (Wildman–Crippen LogP) is 5.90. The van der Waals surface area contributed by atoms with Gasteiger partial charge in [0, 0.05) is 24.9 Å². The van der Waals surface area contributed by atoms with Crippen molar-refractivity contribution in [1.29, 1.82) is 0 Å². The van der Waals surface area contributed by atoms with Crippen LogP contribution in [0.4, 0.5) is 13.6 Å². The van der Waals surface area contributed by atoms with Gasteiger partial charge in [-0.05, 0) is 42.2 Å². The summed E-state index contributed by atoms with van der Waals surface area (Å²) < 4.78 is 66.4. The van der Waals surface area contributed by atoms with Crippen molar-refractivity contribution in [3.63, 3.8) is 0 Å². The summed E-state index contributed by atoms with van der Waals surface area (Å²) in [7, 11) is 0. The maximum atomic E-state index is 18.2. The van der Waals surface area contributed by atoms with Crippen LogP contribution >= 0.6 is 0 Å². The Hall–Kier alpha value is -5.04. The number of carbonyl (C=O) groups excluding carboxylic acids is 4. The van der Waals surface area contributed by atoms with Crippen LogP contribution in [0.3, 0.4) is 0 Å². The number of amides is 1. The third-order valence-electron chi connectivity index (χ3n) is 11.3. The minimum absolute atomic E-state index is 0.0379. The molecular formula is C46H60F2N4O11. The third-order valence-corrected chi connectivity index (χ3v) is 11.3. The molecule has 2 saturated heterocycles. The number of alkyl carbamates (subject to hydrolysis) is 1. The first-order valence-electron chi connectivity index (χ1n) is 21.3. The molecule has 1 amide bonds. The Kier molecular flexibility index (Phi) is 17.1. The number of halogens is 2. The number of hydrogen-bond acceptors (Lipinski definition) is 14. The van der Waals surface area contributed by atoms with Crippen molar-refractivity contribution in [2.75, 3.05) is 32.9 Å². The number of morpholine rings is 1. The predicted molar refractivity (Wildman–Crippen MR) is 226 cm³/mol. The number of aldehydes is 1. The second kappa shape index (κ2) is 22.0. The monoisotopic (exact) mass is 882 g/mol. The van der Waals surface area contributed by atoms with Crippen LogP contribution in [0.2, 0.25) is 0 Å². The lowest BCUT2D eigenvalue weighted by Crippen LogP contribution is -2.79. The normalized spacial score (nSPS) is 23.6. The van der Waals surface area contributed by atoms with E-state index >= 15 is 18.4 Å². The summed E-state index contributed by atoms with van der Waals surface area (Å²) in [4.78, 5) is 65.2. The Bertz CT molecular complexity index is 1960. The Labute approximate surface area is 367 Å². The van der Waals surface area contributed by atoms with Gasteiger partial charge in [-0.25, -0.2) is 28.1 Å². The van der Waals surface area contributed by atoms with Gasteiger partial charge in [0.05, 0.1) is 32.5 Å². The first-order chi connectivity index (χ1) is 30.1. The fourth-order valence-electron chi connectivity index (χ4n) is 7.77. The van der Waals surface area contributed by atoms with Gasteiger partial charge < -0.3 is 33.6 Å². The summed E-state index contributed by atoms with van der Waals surface area (Å²) in [6.07, 6.45) is -3.31. The van der Waals surface area contributed by atoms with E-state index in [1.54, 1.807) is 65.6 Å². The van der Waals surface area contributed by atoms with Crippen molar-refractivity contribution in [3.05, 3.63) is 102 Å². The Morgan fingerprint density at radius 1 is 0.968 bits per heavy atom. The lowest BCUT2D eigenvalue weighted by atomic mass is 9.80. The van der Waals surface area contributed by atoms with Gasteiger partial charge in [-0.2, -0.15) is 0 Å². The highest BCUT2D eigenvalue weighted by Crippen LogP contribution is 2.52. The number of carbonyl (C=O) groups is 4. The van der Waals surface area contributed by atoms with E-state index in [2.05, 4.69) is 10.8 Å². The van der Waals surface area contributed by atoms with Crippen LogP contribution in [-0.4, -0.2) is 108 Å².